The zero-order valence-electron chi connectivity index (χ0n) is 12.3. The van der Waals surface area contributed by atoms with Gasteiger partial charge in [-0.3, -0.25) is 15.0 Å². The summed E-state index contributed by atoms with van der Waals surface area (Å²) in [6.07, 6.45) is 2.37. The number of nitrogens with zero attached hydrogens (tertiary/aromatic N) is 2. The zero-order valence-corrected chi connectivity index (χ0v) is 12.3. The van der Waals surface area contributed by atoms with Crippen molar-refractivity contribution in [2.75, 3.05) is 25.0 Å². The zero-order chi connectivity index (χ0) is 14.7. The molecule has 0 bridgehead atoms. The van der Waals surface area contributed by atoms with Crippen molar-refractivity contribution < 1.29 is 9.21 Å². The number of aryl methyl sites for hydroxylation is 1. The van der Waals surface area contributed by atoms with Crippen molar-refractivity contribution in [2.24, 2.45) is 5.92 Å². The molecule has 1 aliphatic rings. The van der Waals surface area contributed by atoms with Gasteiger partial charge in [-0.25, -0.2) is 0 Å². The molecule has 0 aliphatic carbocycles. The molecule has 0 radical (unpaired) electrons. The molecule has 20 heavy (non-hydrogen) atoms. The highest BCUT2D eigenvalue weighted by atomic mass is 16.4. The standard InChI is InChI=1S/C15H21N3O2/c1-10-5-4-6-18(8-10)9-14(19)17-15-13(7-16)11(2)12(3)20-15/h10H,4-6,8-9H2,1-3H3,(H,17,19)/t10-/m0/s1. The molecule has 1 atom stereocenters. The number of amides is 1. The Hall–Kier alpha value is -1.80. The highest BCUT2D eigenvalue weighted by Gasteiger charge is 2.21. The van der Waals surface area contributed by atoms with Gasteiger partial charge in [0.1, 0.15) is 17.4 Å². The maximum Gasteiger partial charge on any atom is 0.240 e. The third-order valence-corrected chi connectivity index (χ3v) is 3.86. The quantitative estimate of drug-likeness (QED) is 0.920. The van der Waals surface area contributed by atoms with Gasteiger partial charge < -0.3 is 4.42 Å². The first-order valence-electron chi connectivity index (χ1n) is 7.03. The average molecular weight is 275 g/mol. The molecule has 0 aromatic carbocycles. The molecule has 0 unspecified atom stereocenters. The van der Waals surface area contributed by atoms with E-state index in [0.717, 1.165) is 25.1 Å². The minimum Gasteiger partial charge on any atom is -0.444 e. The van der Waals surface area contributed by atoms with Crippen LogP contribution < -0.4 is 5.32 Å². The molecule has 5 heteroatoms. The van der Waals surface area contributed by atoms with Crippen molar-refractivity contribution in [1.82, 2.24) is 4.90 Å². The Balaban J connectivity index is 1.98. The highest BCUT2D eigenvalue weighted by Crippen LogP contribution is 2.25. The van der Waals surface area contributed by atoms with Gasteiger partial charge in [-0.2, -0.15) is 5.26 Å². The summed E-state index contributed by atoms with van der Waals surface area (Å²) in [5, 5.41) is 11.8. The Kier molecular flexibility index (Phi) is 4.46. The van der Waals surface area contributed by atoms with Gasteiger partial charge in [0.05, 0.1) is 6.54 Å². The van der Waals surface area contributed by atoms with E-state index < -0.39 is 0 Å². The van der Waals surface area contributed by atoms with Crippen LogP contribution in [-0.4, -0.2) is 30.4 Å². The van der Waals surface area contributed by atoms with E-state index in [1.54, 1.807) is 6.92 Å². The minimum absolute atomic E-state index is 0.121. The highest BCUT2D eigenvalue weighted by molar-refractivity contribution is 5.92. The monoisotopic (exact) mass is 275 g/mol. The average Bonchev–Trinajstić information content (AvgIpc) is 2.64. The smallest absolute Gasteiger partial charge is 0.240 e. The van der Waals surface area contributed by atoms with Gasteiger partial charge in [-0.05, 0) is 39.2 Å². The van der Waals surface area contributed by atoms with Crippen molar-refractivity contribution >= 4 is 11.8 Å². The lowest BCUT2D eigenvalue weighted by Crippen LogP contribution is -2.39. The van der Waals surface area contributed by atoms with Gasteiger partial charge in [0.2, 0.25) is 11.8 Å². The van der Waals surface area contributed by atoms with Gasteiger partial charge in [0, 0.05) is 12.1 Å². The maximum atomic E-state index is 12.1. The minimum atomic E-state index is -0.121. The second-order valence-electron chi connectivity index (χ2n) is 5.63. The van der Waals surface area contributed by atoms with E-state index in [0.29, 0.717) is 23.8 Å². The van der Waals surface area contributed by atoms with E-state index in [1.807, 2.05) is 6.92 Å². The first kappa shape index (κ1) is 14.6. The molecule has 1 aromatic heterocycles. The fourth-order valence-corrected chi connectivity index (χ4v) is 2.65. The predicted octanol–water partition coefficient (Wildman–Crippen LogP) is 2.44. The Bertz CT molecular complexity index is 542. The number of piperidine rings is 1. The van der Waals surface area contributed by atoms with E-state index in [2.05, 4.69) is 23.2 Å². The molecule has 0 saturated carbocycles. The van der Waals surface area contributed by atoms with E-state index in [9.17, 15) is 4.79 Å². The Morgan fingerprint density at radius 3 is 2.95 bits per heavy atom. The summed E-state index contributed by atoms with van der Waals surface area (Å²) < 4.78 is 5.44. The van der Waals surface area contributed by atoms with Gasteiger partial charge in [-0.15, -0.1) is 0 Å². The number of hydrogen-bond donors (Lipinski definition) is 1. The molecule has 1 amide bonds. The summed E-state index contributed by atoms with van der Waals surface area (Å²) >= 11 is 0. The van der Waals surface area contributed by atoms with Gasteiger partial charge >= 0.3 is 0 Å². The lowest BCUT2D eigenvalue weighted by atomic mass is 10.0. The second-order valence-corrected chi connectivity index (χ2v) is 5.63. The van der Waals surface area contributed by atoms with Crippen molar-refractivity contribution in [2.45, 2.75) is 33.6 Å². The van der Waals surface area contributed by atoms with Crippen LogP contribution in [0, 0.1) is 31.1 Å². The second kappa shape index (κ2) is 6.10. The van der Waals surface area contributed by atoms with Crippen LogP contribution >= 0.6 is 0 Å². The van der Waals surface area contributed by atoms with Crippen LogP contribution in [0.5, 0.6) is 0 Å². The van der Waals surface area contributed by atoms with Crippen LogP contribution in [0.4, 0.5) is 5.88 Å². The van der Waals surface area contributed by atoms with Crippen LogP contribution in [-0.2, 0) is 4.79 Å². The van der Waals surface area contributed by atoms with Gasteiger partial charge in [0.15, 0.2) is 0 Å². The molecular weight excluding hydrogens is 254 g/mol. The molecular formula is C15H21N3O2. The Labute approximate surface area is 119 Å². The largest absolute Gasteiger partial charge is 0.444 e. The normalized spacial score (nSPS) is 19.6. The molecule has 1 aliphatic heterocycles. The van der Waals surface area contributed by atoms with Crippen molar-refractivity contribution in [1.29, 1.82) is 5.26 Å². The van der Waals surface area contributed by atoms with E-state index in [-0.39, 0.29) is 11.8 Å². The van der Waals surface area contributed by atoms with Crippen LogP contribution in [0.2, 0.25) is 0 Å². The van der Waals surface area contributed by atoms with Crippen LogP contribution in [0.25, 0.3) is 0 Å². The van der Waals surface area contributed by atoms with E-state index in [1.165, 1.54) is 6.42 Å². The number of hydrogen-bond acceptors (Lipinski definition) is 4. The van der Waals surface area contributed by atoms with Gasteiger partial charge in [0.25, 0.3) is 0 Å². The summed E-state index contributed by atoms with van der Waals surface area (Å²) in [6.45, 7) is 8.08. The van der Waals surface area contributed by atoms with E-state index >= 15 is 0 Å². The maximum absolute atomic E-state index is 12.1. The molecule has 2 heterocycles. The number of likely N-dealkylation sites (tertiary alicyclic amines) is 1. The fraction of sp³-hybridized carbons (Fsp3) is 0.600. The summed E-state index contributed by atoms with van der Waals surface area (Å²) in [7, 11) is 0. The summed E-state index contributed by atoms with van der Waals surface area (Å²) in [5.41, 5.74) is 1.21. The Morgan fingerprint density at radius 2 is 2.30 bits per heavy atom. The van der Waals surface area contributed by atoms with Crippen LogP contribution in [0.1, 0.15) is 36.7 Å². The molecule has 5 nitrogen and oxygen atoms in total. The summed E-state index contributed by atoms with van der Waals surface area (Å²) in [6, 6.07) is 2.08. The predicted molar refractivity (Wildman–Crippen MR) is 76.4 cm³/mol. The first-order chi connectivity index (χ1) is 9.51. The van der Waals surface area contributed by atoms with E-state index in [4.69, 9.17) is 9.68 Å². The third kappa shape index (κ3) is 3.20. The lowest BCUT2D eigenvalue weighted by Gasteiger charge is -2.29. The topological polar surface area (TPSA) is 69.3 Å². The number of carbonyl (C=O) groups excluding carboxylic acids is 1. The molecule has 1 fully saturated rings. The summed E-state index contributed by atoms with van der Waals surface area (Å²) in [5.74, 6) is 1.46. The number of anilines is 1. The van der Waals surface area contributed by atoms with Crippen molar-refractivity contribution in [3.05, 3.63) is 16.9 Å². The number of nitriles is 1. The first-order valence-corrected chi connectivity index (χ1v) is 7.03. The molecule has 0 spiro atoms. The number of furan rings is 1. The SMILES string of the molecule is Cc1oc(NC(=O)CN2CCC[C@H](C)C2)c(C#N)c1C. The number of nitrogens with one attached hydrogen (secondary N) is 1. The number of rotatable bonds is 3. The van der Waals surface area contributed by atoms with Crippen molar-refractivity contribution in [3.63, 3.8) is 0 Å². The Morgan fingerprint density at radius 1 is 1.55 bits per heavy atom. The molecule has 1 saturated heterocycles. The lowest BCUT2D eigenvalue weighted by molar-refractivity contribution is -0.117. The van der Waals surface area contributed by atoms with Gasteiger partial charge in [-0.1, -0.05) is 6.92 Å². The van der Waals surface area contributed by atoms with Crippen molar-refractivity contribution in [3.8, 4) is 6.07 Å². The molecule has 2 rings (SSSR count). The summed E-state index contributed by atoms with van der Waals surface area (Å²) in [4.78, 5) is 14.2. The number of carbonyl (C=O) groups is 1. The molecule has 1 aromatic rings. The fourth-order valence-electron chi connectivity index (χ4n) is 2.65. The van der Waals surface area contributed by atoms with Crippen LogP contribution in [0.3, 0.4) is 0 Å². The molecule has 1 N–H and O–H groups in total. The van der Waals surface area contributed by atoms with Crippen LogP contribution in [0.15, 0.2) is 4.42 Å². The molecule has 108 valence electrons. The third-order valence-electron chi connectivity index (χ3n) is 3.86.